The van der Waals surface area contributed by atoms with Crippen molar-refractivity contribution < 1.29 is 19.4 Å². The standard InChI is InChI=1S/C14H20N2O4.ClH/c1-19-11-4-3-5-12(20-2)13(11)14(18)16-7-6-15-8-10(17)9-16;/h3-5,10,15,17H,6-9H2,1-2H3;1H. The first-order valence-corrected chi connectivity index (χ1v) is 6.56. The zero-order chi connectivity index (χ0) is 14.5. The Morgan fingerprint density at radius 3 is 2.52 bits per heavy atom. The van der Waals surface area contributed by atoms with Crippen LogP contribution in [0.2, 0.25) is 0 Å². The van der Waals surface area contributed by atoms with Gasteiger partial charge in [-0.15, -0.1) is 12.4 Å². The number of rotatable bonds is 3. The first-order chi connectivity index (χ1) is 9.67. The van der Waals surface area contributed by atoms with Crippen molar-refractivity contribution in [3.05, 3.63) is 23.8 Å². The van der Waals surface area contributed by atoms with Gasteiger partial charge in [0.15, 0.2) is 0 Å². The van der Waals surface area contributed by atoms with Gasteiger partial charge >= 0.3 is 0 Å². The highest BCUT2D eigenvalue weighted by molar-refractivity contribution is 5.99. The molecule has 118 valence electrons. The van der Waals surface area contributed by atoms with E-state index >= 15 is 0 Å². The predicted molar refractivity (Wildman–Crippen MR) is 81.6 cm³/mol. The second-order valence-electron chi connectivity index (χ2n) is 4.65. The molecule has 1 aliphatic heterocycles. The maximum absolute atomic E-state index is 12.7. The molecule has 0 saturated carbocycles. The van der Waals surface area contributed by atoms with E-state index in [1.807, 2.05) is 0 Å². The van der Waals surface area contributed by atoms with Crippen LogP contribution in [0.5, 0.6) is 11.5 Å². The largest absolute Gasteiger partial charge is 0.496 e. The fraction of sp³-hybridized carbons (Fsp3) is 0.500. The van der Waals surface area contributed by atoms with Gasteiger partial charge in [0.25, 0.3) is 5.91 Å². The summed E-state index contributed by atoms with van der Waals surface area (Å²) in [5, 5.41) is 12.9. The molecule has 0 aliphatic carbocycles. The van der Waals surface area contributed by atoms with Crippen molar-refractivity contribution in [2.45, 2.75) is 6.10 Å². The molecule has 7 heteroatoms. The number of hydrogen-bond acceptors (Lipinski definition) is 5. The van der Waals surface area contributed by atoms with Crippen LogP contribution in [0.15, 0.2) is 18.2 Å². The molecule has 1 unspecified atom stereocenters. The number of carbonyl (C=O) groups excluding carboxylic acids is 1. The number of benzene rings is 1. The number of hydrogen-bond donors (Lipinski definition) is 2. The Morgan fingerprint density at radius 1 is 1.33 bits per heavy atom. The molecule has 1 amide bonds. The third-order valence-corrected chi connectivity index (χ3v) is 3.30. The maximum atomic E-state index is 12.7. The van der Waals surface area contributed by atoms with Crippen molar-refractivity contribution in [2.75, 3.05) is 40.4 Å². The van der Waals surface area contributed by atoms with Crippen LogP contribution in [0, 0.1) is 0 Å². The van der Waals surface area contributed by atoms with Gasteiger partial charge in [-0.3, -0.25) is 4.79 Å². The molecule has 2 N–H and O–H groups in total. The molecule has 0 aromatic heterocycles. The van der Waals surface area contributed by atoms with Crippen LogP contribution in [0.4, 0.5) is 0 Å². The minimum Gasteiger partial charge on any atom is -0.496 e. The summed E-state index contributed by atoms with van der Waals surface area (Å²) in [5.74, 6) is 0.754. The van der Waals surface area contributed by atoms with E-state index in [2.05, 4.69) is 5.32 Å². The van der Waals surface area contributed by atoms with E-state index in [1.54, 1.807) is 23.1 Å². The van der Waals surface area contributed by atoms with Gasteiger partial charge in [0, 0.05) is 26.2 Å². The minimum atomic E-state index is -0.567. The number of nitrogens with zero attached hydrogens (tertiary/aromatic N) is 1. The highest BCUT2D eigenvalue weighted by Crippen LogP contribution is 2.29. The van der Waals surface area contributed by atoms with Gasteiger partial charge in [-0.05, 0) is 12.1 Å². The highest BCUT2D eigenvalue weighted by Gasteiger charge is 2.26. The summed E-state index contributed by atoms with van der Waals surface area (Å²) < 4.78 is 10.5. The lowest BCUT2D eigenvalue weighted by molar-refractivity contribution is 0.0666. The SMILES string of the molecule is COc1cccc(OC)c1C(=O)N1CCNCC(O)C1.Cl. The van der Waals surface area contributed by atoms with Crippen molar-refractivity contribution in [1.82, 2.24) is 10.2 Å². The maximum Gasteiger partial charge on any atom is 0.261 e. The second-order valence-corrected chi connectivity index (χ2v) is 4.65. The van der Waals surface area contributed by atoms with E-state index in [4.69, 9.17) is 9.47 Å². The van der Waals surface area contributed by atoms with E-state index < -0.39 is 6.10 Å². The molecule has 0 spiro atoms. The molecule has 0 bridgehead atoms. The third kappa shape index (κ3) is 4.00. The molecule has 1 aromatic carbocycles. The van der Waals surface area contributed by atoms with Crippen molar-refractivity contribution in [3.8, 4) is 11.5 Å². The van der Waals surface area contributed by atoms with Gasteiger partial charge in [-0.1, -0.05) is 6.07 Å². The van der Waals surface area contributed by atoms with Crippen molar-refractivity contribution in [3.63, 3.8) is 0 Å². The minimum absolute atomic E-state index is 0. The Hall–Kier alpha value is -1.50. The van der Waals surface area contributed by atoms with Crippen LogP contribution in [-0.4, -0.2) is 62.4 Å². The quantitative estimate of drug-likeness (QED) is 0.851. The number of β-amino-alcohol motifs (C(OH)–C–C–N with tert-alkyl or cyclic N) is 1. The van der Waals surface area contributed by atoms with Gasteiger partial charge in [-0.25, -0.2) is 0 Å². The average Bonchev–Trinajstić information content (AvgIpc) is 2.70. The van der Waals surface area contributed by atoms with Gasteiger partial charge in [0.05, 0.1) is 20.3 Å². The Balaban J connectivity index is 0.00000220. The Kier molecular flexibility index (Phi) is 6.74. The molecule has 1 saturated heterocycles. The summed E-state index contributed by atoms with van der Waals surface area (Å²) in [7, 11) is 3.04. The summed E-state index contributed by atoms with van der Waals surface area (Å²) in [5.41, 5.74) is 0.395. The van der Waals surface area contributed by atoms with E-state index in [1.165, 1.54) is 14.2 Å². The normalized spacial score (nSPS) is 18.4. The lowest BCUT2D eigenvalue weighted by atomic mass is 10.1. The Morgan fingerprint density at radius 2 is 1.95 bits per heavy atom. The summed E-state index contributed by atoms with van der Waals surface area (Å²) in [4.78, 5) is 14.3. The predicted octanol–water partition coefficient (Wildman–Crippen LogP) is 0.532. The Bertz CT molecular complexity index is 462. The number of nitrogens with one attached hydrogen (secondary N) is 1. The summed E-state index contributed by atoms with van der Waals surface area (Å²) in [6.45, 7) is 1.98. The molecule has 1 fully saturated rings. The van der Waals surface area contributed by atoms with Gasteiger partial charge in [0.2, 0.25) is 0 Å². The number of aliphatic hydroxyl groups is 1. The molecule has 1 heterocycles. The topological polar surface area (TPSA) is 71.0 Å². The van der Waals surface area contributed by atoms with Crippen LogP contribution in [0.25, 0.3) is 0 Å². The first-order valence-electron chi connectivity index (χ1n) is 6.56. The molecular formula is C14H21ClN2O4. The summed E-state index contributed by atoms with van der Waals surface area (Å²) >= 11 is 0. The Labute approximate surface area is 130 Å². The molecule has 21 heavy (non-hydrogen) atoms. The van der Waals surface area contributed by atoms with E-state index in [9.17, 15) is 9.90 Å². The van der Waals surface area contributed by atoms with Crippen molar-refractivity contribution in [2.24, 2.45) is 0 Å². The lowest BCUT2D eigenvalue weighted by Crippen LogP contribution is -2.38. The zero-order valence-electron chi connectivity index (χ0n) is 12.2. The number of methoxy groups -OCH3 is 2. The highest BCUT2D eigenvalue weighted by atomic mass is 35.5. The van der Waals surface area contributed by atoms with Gasteiger partial charge in [-0.2, -0.15) is 0 Å². The van der Waals surface area contributed by atoms with E-state index in [0.29, 0.717) is 43.2 Å². The molecule has 1 atom stereocenters. The second kappa shape index (κ2) is 8.07. The molecular weight excluding hydrogens is 296 g/mol. The average molecular weight is 317 g/mol. The third-order valence-electron chi connectivity index (χ3n) is 3.30. The van der Waals surface area contributed by atoms with Crippen LogP contribution < -0.4 is 14.8 Å². The number of halogens is 1. The smallest absolute Gasteiger partial charge is 0.261 e. The van der Waals surface area contributed by atoms with Gasteiger partial charge in [0.1, 0.15) is 17.1 Å². The molecule has 1 aromatic rings. The number of ether oxygens (including phenoxy) is 2. The number of amides is 1. The van der Waals surface area contributed by atoms with E-state index in [0.717, 1.165) is 0 Å². The van der Waals surface area contributed by atoms with Crippen molar-refractivity contribution in [1.29, 1.82) is 0 Å². The first kappa shape index (κ1) is 17.6. The summed E-state index contributed by atoms with van der Waals surface area (Å²) in [6.07, 6.45) is -0.567. The van der Waals surface area contributed by atoms with E-state index in [-0.39, 0.29) is 18.3 Å². The van der Waals surface area contributed by atoms with Crippen LogP contribution in [-0.2, 0) is 0 Å². The zero-order valence-corrected chi connectivity index (χ0v) is 13.0. The summed E-state index contributed by atoms with van der Waals surface area (Å²) in [6, 6.07) is 5.22. The molecule has 1 aliphatic rings. The van der Waals surface area contributed by atoms with Crippen molar-refractivity contribution >= 4 is 18.3 Å². The fourth-order valence-electron chi connectivity index (χ4n) is 2.30. The van der Waals surface area contributed by atoms with Crippen LogP contribution >= 0.6 is 12.4 Å². The fourth-order valence-corrected chi connectivity index (χ4v) is 2.30. The van der Waals surface area contributed by atoms with Crippen LogP contribution in [0.1, 0.15) is 10.4 Å². The molecule has 2 rings (SSSR count). The number of aliphatic hydroxyl groups excluding tert-OH is 1. The van der Waals surface area contributed by atoms with Gasteiger partial charge < -0.3 is 24.8 Å². The number of carbonyl (C=O) groups is 1. The molecule has 0 radical (unpaired) electrons. The monoisotopic (exact) mass is 316 g/mol. The van der Waals surface area contributed by atoms with Crippen LogP contribution in [0.3, 0.4) is 0 Å². The molecule has 6 nitrogen and oxygen atoms in total. The lowest BCUT2D eigenvalue weighted by Gasteiger charge is -2.23.